The van der Waals surface area contributed by atoms with E-state index in [-0.39, 0.29) is 16.8 Å². The molecule has 7 nitrogen and oxygen atoms in total. The highest BCUT2D eigenvalue weighted by Crippen LogP contribution is 2.28. The lowest BCUT2D eigenvalue weighted by Crippen LogP contribution is -2.31. The molecule has 2 rings (SSSR count). The third-order valence-electron chi connectivity index (χ3n) is 3.75. The molecule has 0 aliphatic carbocycles. The quantitative estimate of drug-likeness (QED) is 0.324. The Morgan fingerprint density at radius 3 is 2.57 bits per heavy atom. The maximum Gasteiger partial charge on any atom is 0.338 e. The monoisotopic (exact) mass is 410 g/mol. The van der Waals surface area contributed by atoms with E-state index in [1.165, 1.54) is 25.1 Å². The van der Waals surface area contributed by atoms with Crippen molar-refractivity contribution in [1.29, 1.82) is 0 Å². The predicted octanol–water partition coefficient (Wildman–Crippen LogP) is 3.63. The van der Waals surface area contributed by atoms with Crippen molar-refractivity contribution in [3.63, 3.8) is 0 Å². The van der Waals surface area contributed by atoms with Crippen LogP contribution < -0.4 is 5.32 Å². The van der Waals surface area contributed by atoms with Crippen LogP contribution in [0.1, 0.15) is 28.9 Å². The van der Waals surface area contributed by atoms with Crippen molar-refractivity contribution in [2.75, 3.05) is 12.9 Å². The maximum atomic E-state index is 13.7. The number of nitro groups is 1. The van der Waals surface area contributed by atoms with Crippen LogP contribution in [-0.4, -0.2) is 29.7 Å². The van der Waals surface area contributed by atoms with E-state index in [9.17, 15) is 28.5 Å². The number of rotatable bonds is 7. The summed E-state index contributed by atoms with van der Waals surface area (Å²) in [5, 5.41) is 13.5. The molecule has 0 saturated heterocycles. The summed E-state index contributed by atoms with van der Waals surface area (Å²) in [5.74, 6) is -3.17. The van der Waals surface area contributed by atoms with E-state index in [1.807, 2.05) is 0 Å². The average molecular weight is 410 g/mol. The Kier molecular flexibility index (Phi) is 7.05. The number of ether oxygens (including phenoxy) is 1. The van der Waals surface area contributed by atoms with Crippen molar-refractivity contribution < 1.29 is 28.0 Å². The van der Waals surface area contributed by atoms with Crippen molar-refractivity contribution in [3.05, 3.63) is 69.3 Å². The minimum absolute atomic E-state index is 0.0735. The molecule has 0 heterocycles. The standard InChI is InChI=1S/C18H16F2N2O5S/c1-10(13-5-4-12(19)8-14(13)20)21-17(23)9-27-18(24)11-3-6-16(28-2)15(7-11)22(25)26/h3-8,10H,9H2,1-2H3,(H,21,23)/t10-/m1/s1. The van der Waals surface area contributed by atoms with Crippen LogP contribution in [0.2, 0.25) is 0 Å². The van der Waals surface area contributed by atoms with Gasteiger partial charge in [0, 0.05) is 17.7 Å². The predicted molar refractivity (Wildman–Crippen MR) is 98.1 cm³/mol. The second-order valence-corrected chi connectivity index (χ2v) is 6.52. The smallest absolute Gasteiger partial charge is 0.338 e. The first-order valence-electron chi connectivity index (χ1n) is 7.96. The summed E-state index contributed by atoms with van der Waals surface area (Å²) < 4.78 is 31.5. The lowest BCUT2D eigenvalue weighted by Gasteiger charge is -2.15. The zero-order valence-corrected chi connectivity index (χ0v) is 15.7. The first kappa shape index (κ1) is 21.3. The number of nitrogens with one attached hydrogen (secondary N) is 1. The maximum absolute atomic E-state index is 13.7. The van der Waals surface area contributed by atoms with Crippen molar-refractivity contribution >= 4 is 29.3 Å². The van der Waals surface area contributed by atoms with Gasteiger partial charge in [-0.05, 0) is 31.4 Å². The van der Waals surface area contributed by atoms with Crippen molar-refractivity contribution in [1.82, 2.24) is 5.32 Å². The van der Waals surface area contributed by atoms with Gasteiger partial charge in [0.25, 0.3) is 11.6 Å². The topological polar surface area (TPSA) is 98.5 Å². The summed E-state index contributed by atoms with van der Waals surface area (Å²) in [4.78, 5) is 34.8. The number of hydrogen-bond donors (Lipinski definition) is 1. The molecule has 0 fully saturated rings. The normalized spacial score (nSPS) is 11.6. The van der Waals surface area contributed by atoms with Crippen LogP contribution in [0.4, 0.5) is 14.5 Å². The number of hydrogen-bond acceptors (Lipinski definition) is 6. The number of thioether (sulfide) groups is 1. The Labute approximate surface area is 163 Å². The Morgan fingerprint density at radius 1 is 1.25 bits per heavy atom. The van der Waals surface area contributed by atoms with Gasteiger partial charge >= 0.3 is 5.97 Å². The molecule has 28 heavy (non-hydrogen) atoms. The summed E-state index contributed by atoms with van der Waals surface area (Å²) in [6.07, 6.45) is 1.66. The van der Waals surface area contributed by atoms with Crippen LogP contribution >= 0.6 is 11.8 Å². The Bertz CT molecular complexity index is 923. The second kappa shape index (κ2) is 9.27. The molecule has 1 atom stereocenters. The first-order valence-corrected chi connectivity index (χ1v) is 9.19. The molecule has 1 N–H and O–H groups in total. The van der Waals surface area contributed by atoms with Gasteiger partial charge in [-0.25, -0.2) is 13.6 Å². The van der Waals surface area contributed by atoms with Crippen molar-refractivity contribution in [2.45, 2.75) is 17.9 Å². The molecule has 0 spiro atoms. The van der Waals surface area contributed by atoms with Crippen LogP contribution in [0.5, 0.6) is 0 Å². The molecule has 2 aromatic carbocycles. The average Bonchev–Trinajstić information content (AvgIpc) is 2.65. The van der Waals surface area contributed by atoms with Gasteiger partial charge in [-0.15, -0.1) is 11.8 Å². The van der Waals surface area contributed by atoms with E-state index >= 15 is 0 Å². The molecule has 2 aromatic rings. The van der Waals surface area contributed by atoms with Gasteiger partial charge < -0.3 is 10.1 Å². The van der Waals surface area contributed by atoms with Crippen LogP contribution in [0.25, 0.3) is 0 Å². The molecule has 0 unspecified atom stereocenters. The summed E-state index contributed by atoms with van der Waals surface area (Å²) in [6, 6.07) is 6.02. The van der Waals surface area contributed by atoms with Crippen LogP contribution in [0.15, 0.2) is 41.3 Å². The highest BCUT2D eigenvalue weighted by Gasteiger charge is 2.19. The van der Waals surface area contributed by atoms with Crippen LogP contribution in [0.3, 0.4) is 0 Å². The number of carbonyl (C=O) groups excluding carboxylic acids is 2. The fourth-order valence-corrected chi connectivity index (χ4v) is 2.93. The lowest BCUT2D eigenvalue weighted by atomic mass is 10.1. The third-order valence-corrected chi connectivity index (χ3v) is 4.54. The summed E-state index contributed by atoms with van der Waals surface area (Å²) in [7, 11) is 0. The first-order chi connectivity index (χ1) is 13.2. The second-order valence-electron chi connectivity index (χ2n) is 5.67. The number of nitrogens with zero attached hydrogens (tertiary/aromatic N) is 1. The van der Waals surface area contributed by atoms with Gasteiger partial charge in [0.15, 0.2) is 6.61 Å². The Hall–Kier alpha value is -3.01. The molecule has 10 heteroatoms. The molecule has 148 valence electrons. The molecule has 1 amide bonds. The zero-order chi connectivity index (χ0) is 20.8. The minimum Gasteiger partial charge on any atom is -0.452 e. The van der Waals surface area contributed by atoms with Gasteiger partial charge in [-0.3, -0.25) is 14.9 Å². The van der Waals surface area contributed by atoms with Crippen LogP contribution in [0, 0.1) is 21.7 Å². The molecular formula is C18H16F2N2O5S. The Morgan fingerprint density at radius 2 is 1.96 bits per heavy atom. The number of halogens is 2. The minimum atomic E-state index is -0.911. The van der Waals surface area contributed by atoms with Gasteiger partial charge in [0.2, 0.25) is 0 Å². The van der Waals surface area contributed by atoms with Crippen molar-refractivity contribution in [2.24, 2.45) is 0 Å². The fourth-order valence-electron chi connectivity index (χ4n) is 2.39. The fraction of sp³-hybridized carbons (Fsp3) is 0.222. The highest BCUT2D eigenvalue weighted by molar-refractivity contribution is 7.98. The molecule has 0 saturated carbocycles. The van der Waals surface area contributed by atoms with Gasteiger partial charge in [0.1, 0.15) is 11.6 Å². The summed E-state index contributed by atoms with van der Waals surface area (Å²) in [6.45, 7) is 0.824. The number of nitro benzene ring substituents is 1. The van der Waals surface area contributed by atoms with E-state index in [2.05, 4.69) is 5.32 Å². The summed E-state index contributed by atoms with van der Waals surface area (Å²) >= 11 is 1.16. The number of carbonyl (C=O) groups is 2. The van der Waals surface area contributed by atoms with Crippen LogP contribution in [-0.2, 0) is 9.53 Å². The van der Waals surface area contributed by atoms with E-state index in [1.54, 1.807) is 6.26 Å². The highest BCUT2D eigenvalue weighted by atomic mass is 32.2. The number of amides is 1. The molecule has 0 aromatic heterocycles. The molecule has 0 bridgehead atoms. The largest absolute Gasteiger partial charge is 0.452 e. The van der Waals surface area contributed by atoms with Gasteiger partial charge in [-0.1, -0.05) is 6.07 Å². The van der Waals surface area contributed by atoms with E-state index < -0.39 is 41.1 Å². The SMILES string of the molecule is CSc1ccc(C(=O)OCC(=O)N[C@H](C)c2ccc(F)cc2F)cc1[N+](=O)[O-]. The number of benzene rings is 2. The van der Waals surface area contributed by atoms with Crippen molar-refractivity contribution in [3.8, 4) is 0 Å². The number of esters is 1. The molecule has 0 aliphatic heterocycles. The zero-order valence-electron chi connectivity index (χ0n) is 14.9. The van der Waals surface area contributed by atoms with E-state index in [0.717, 1.165) is 23.9 Å². The molecule has 0 radical (unpaired) electrons. The van der Waals surface area contributed by atoms with Gasteiger partial charge in [0.05, 0.1) is 21.4 Å². The van der Waals surface area contributed by atoms with E-state index in [0.29, 0.717) is 11.0 Å². The van der Waals surface area contributed by atoms with E-state index in [4.69, 9.17) is 4.74 Å². The lowest BCUT2D eigenvalue weighted by molar-refractivity contribution is -0.387. The third kappa shape index (κ3) is 5.26. The molecule has 0 aliphatic rings. The Balaban J connectivity index is 1.98. The van der Waals surface area contributed by atoms with Gasteiger partial charge in [-0.2, -0.15) is 0 Å². The summed E-state index contributed by atoms with van der Waals surface area (Å²) in [5.41, 5.74) is -0.244. The molecular weight excluding hydrogens is 394 g/mol.